The Balaban J connectivity index is 2.04. The Morgan fingerprint density at radius 3 is 2.48 bits per heavy atom. The van der Waals surface area contributed by atoms with Crippen molar-refractivity contribution in [2.24, 2.45) is 0 Å². The number of sulfonamides is 1. The second-order valence-corrected chi connectivity index (χ2v) is 7.68. The molecule has 1 heterocycles. The number of ether oxygens (including phenoxy) is 1. The van der Waals surface area contributed by atoms with Gasteiger partial charge in [-0.15, -0.1) is 0 Å². The quantitative estimate of drug-likeness (QED) is 0.844. The first-order valence-electron chi connectivity index (χ1n) is 6.86. The number of hydrogen-bond acceptors (Lipinski definition) is 5. The number of nitrogens with one attached hydrogen (secondary N) is 1. The van der Waals surface area contributed by atoms with Gasteiger partial charge in [-0.2, -0.15) is 0 Å². The molecule has 2 rings (SSSR count). The predicted molar refractivity (Wildman–Crippen MR) is 80.8 cm³/mol. The number of hydrogen-bond donors (Lipinski definition) is 2. The van der Waals surface area contributed by atoms with Gasteiger partial charge in [0, 0.05) is 39.4 Å². The van der Waals surface area contributed by atoms with Gasteiger partial charge in [0.15, 0.2) is 0 Å². The number of benzene rings is 1. The average Bonchev–Trinajstić information content (AvgIpc) is 2.77. The maximum absolute atomic E-state index is 12.0. The summed E-state index contributed by atoms with van der Waals surface area (Å²) in [6.45, 7) is 2.77. The Bertz CT molecular complexity index is 585. The lowest BCUT2D eigenvalue weighted by Gasteiger charge is -2.26. The maximum atomic E-state index is 12.0. The van der Waals surface area contributed by atoms with Crippen molar-refractivity contribution in [3.05, 3.63) is 24.3 Å². The highest BCUT2D eigenvalue weighted by molar-refractivity contribution is 7.89. The fourth-order valence-electron chi connectivity index (χ4n) is 2.21. The summed E-state index contributed by atoms with van der Waals surface area (Å²) >= 11 is 0. The zero-order chi connectivity index (χ0) is 15.7. The van der Waals surface area contributed by atoms with E-state index in [1.165, 1.54) is 18.4 Å². The van der Waals surface area contributed by atoms with E-state index in [4.69, 9.17) is 4.74 Å². The van der Waals surface area contributed by atoms with Crippen LogP contribution in [0.4, 0.5) is 5.69 Å². The van der Waals surface area contributed by atoms with Gasteiger partial charge in [-0.05, 0) is 31.2 Å². The van der Waals surface area contributed by atoms with E-state index < -0.39 is 15.6 Å². The normalized spacial score (nSPS) is 26.2. The Morgan fingerprint density at radius 2 is 2.00 bits per heavy atom. The highest BCUT2D eigenvalue weighted by Crippen LogP contribution is 2.26. The fourth-order valence-corrected chi connectivity index (χ4v) is 3.12. The lowest BCUT2D eigenvalue weighted by Crippen LogP contribution is -2.43. The second-order valence-electron chi connectivity index (χ2n) is 5.53. The minimum atomic E-state index is -3.41. The first-order valence-corrected chi connectivity index (χ1v) is 8.30. The third-order valence-corrected chi connectivity index (χ3v) is 5.72. The molecule has 0 aromatic heterocycles. The monoisotopic (exact) mass is 314 g/mol. The molecule has 1 saturated heterocycles. The molecule has 1 aliphatic rings. The number of anilines is 1. The molecule has 0 radical (unpaired) electrons. The summed E-state index contributed by atoms with van der Waals surface area (Å²) in [6, 6.07) is 6.49. The van der Waals surface area contributed by atoms with E-state index in [1.807, 2.05) is 6.92 Å². The maximum Gasteiger partial charge on any atom is 0.242 e. The van der Waals surface area contributed by atoms with Crippen LogP contribution in [0.1, 0.15) is 13.3 Å². The Hall–Kier alpha value is -1.15. The molecule has 6 nitrogen and oxygen atoms in total. The van der Waals surface area contributed by atoms with E-state index >= 15 is 0 Å². The van der Waals surface area contributed by atoms with Crippen LogP contribution in [0, 0.1) is 0 Å². The van der Waals surface area contributed by atoms with Crippen LogP contribution in [0.2, 0.25) is 0 Å². The SMILES string of the molecule is CC1OCCC1(O)CNc1ccc(S(=O)(=O)N(C)C)cc1. The molecule has 0 aliphatic carbocycles. The van der Waals surface area contributed by atoms with Gasteiger partial charge in [-0.1, -0.05) is 0 Å². The van der Waals surface area contributed by atoms with Crippen molar-refractivity contribution >= 4 is 15.7 Å². The molecular weight excluding hydrogens is 292 g/mol. The van der Waals surface area contributed by atoms with Crippen molar-refractivity contribution in [2.75, 3.05) is 32.6 Å². The molecule has 2 atom stereocenters. The van der Waals surface area contributed by atoms with Gasteiger partial charge in [-0.25, -0.2) is 12.7 Å². The third kappa shape index (κ3) is 3.37. The standard InChI is InChI=1S/C14H22N2O4S/c1-11-14(17,8-9-20-11)10-15-12-4-6-13(7-5-12)21(18,19)16(2)3/h4-7,11,15,17H,8-10H2,1-3H3. The molecule has 0 saturated carbocycles. The third-order valence-electron chi connectivity index (χ3n) is 3.89. The van der Waals surface area contributed by atoms with Crippen LogP contribution in [0.15, 0.2) is 29.2 Å². The van der Waals surface area contributed by atoms with Gasteiger partial charge in [-0.3, -0.25) is 0 Å². The molecule has 118 valence electrons. The topological polar surface area (TPSA) is 78.9 Å². The van der Waals surface area contributed by atoms with Crippen LogP contribution in [-0.4, -0.2) is 56.8 Å². The molecule has 0 spiro atoms. The lowest BCUT2D eigenvalue weighted by atomic mass is 9.96. The molecule has 0 bridgehead atoms. The van der Waals surface area contributed by atoms with Gasteiger partial charge in [0.1, 0.15) is 5.60 Å². The molecule has 2 unspecified atom stereocenters. The van der Waals surface area contributed by atoms with Gasteiger partial charge in [0.2, 0.25) is 10.0 Å². The van der Waals surface area contributed by atoms with Gasteiger partial charge in [0.25, 0.3) is 0 Å². The van der Waals surface area contributed by atoms with E-state index in [9.17, 15) is 13.5 Å². The Morgan fingerprint density at radius 1 is 1.38 bits per heavy atom. The fraction of sp³-hybridized carbons (Fsp3) is 0.571. The summed E-state index contributed by atoms with van der Waals surface area (Å²) in [5.41, 5.74) is -0.116. The first-order chi connectivity index (χ1) is 9.75. The second kappa shape index (κ2) is 5.92. The molecule has 1 fully saturated rings. The Labute approximate surface area is 125 Å². The highest BCUT2D eigenvalue weighted by Gasteiger charge is 2.39. The van der Waals surface area contributed by atoms with Crippen molar-refractivity contribution in [3.63, 3.8) is 0 Å². The summed E-state index contributed by atoms with van der Waals surface area (Å²) in [5, 5.41) is 13.5. The zero-order valence-electron chi connectivity index (χ0n) is 12.5. The zero-order valence-corrected chi connectivity index (χ0v) is 13.4. The minimum absolute atomic E-state index is 0.210. The van der Waals surface area contributed by atoms with E-state index in [0.717, 1.165) is 5.69 Å². The van der Waals surface area contributed by atoms with Crippen LogP contribution in [0.3, 0.4) is 0 Å². The van der Waals surface area contributed by atoms with Crippen molar-refractivity contribution in [2.45, 2.75) is 29.9 Å². The molecular formula is C14H22N2O4S. The predicted octanol–water partition coefficient (Wildman–Crippen LogP) is 0.889. The summed E-state index contributed by atoms with van der Waals surface area (Å²) in [7, 11) is -0.412. The van der Waals surface area contributed by atoms with E-state index in [2.05, 4.69) is 5.32 Å². The molecule has 2 N–H and O–H groups in total. The molecule has 1 aromatic carbocycles. The van der Waals surface area contributed by atoms with Crippen LogP contribution < -0.4 is 5.32 Å². The minimum Gasteiger partial charge on any atom is -0.385 e. The highest BCUT2D eigenvalue weighted by atomic mass is 32.2. The van der Waals surface area contributed by atoms with Crippen LogP contribution in [0.25, 0.3) is 0 Å². The molecule has 7 heteroatoms. The smallest absolute Gasteiger partial charge is 0.242 e. The Kier molecular flexibility index (Phi) is 4.57. The van der Waals surface area contributed by atoms with Crippen molar-refractivity contribution in [1.82, 2.24) is 4.31 Å². The van der Waals surface area contributed by atoms with Crippen LogP contribution in [0.5, 0.6) is 0 Å². The number of nitrogens with zero attached hydrogens (tertiary/aromatic N) is 1. The molecule has 1 aromatic rings. The largest absolute Gasteiger partial charge is 0.385 e. The summed E-state index contributed by atoms with van der Waals surface area (Å²) in [5.74, 6) is 0. The van der Waals surface area contributed by atoms with E-state index in [1.54, 1.807) is 24.3 Å². The van der Waals surface area contributed by atoms with Crippen LogP contribution >= 0.6 is 0 Å². The molecule has 21 heavy (non-hydrogen) atoms. The molecule has 1 aliphatic heterocycles. The van der Waals surface area contributed by atoms with Gasteiger partial charge < -0.3 is 15.2 Å². The van der Waals surface area contributed by atoms with Crippen molar-refractivity contribution in [3.8, 4) is 0 Å². The van der Waals surface area contributed by atoms with E-state index in [-0.39, 0.29) is 11.0 Å². The average molecular weight is 314 g/mol. The van der Waals surface area contributed by atoms with Crippen molar-refractivity contribution < 1.29 is 18.3 Å². The van der Waals surface area contributed by atoms with Crippen molar-refractivity contribution in [1.29, 1.82) is 0 Å². The summed E-state index contributed by atoms with van der Waals surface area (Å²) in [6.07, 6.45) is 0.382. The summed E-state index contributed by atoms with van der Waals surface area (Å²) < 4.78 is 30.5. The first kappa shape index (κ1) is 16.2. The van der Waals surface area contributed by atoms with Crippen LogP contribution in [-0.2, 0) is 14.8 Å². The van der Waals surface area contributed by atoms with Gasteiger partial charge in [0.05, 0.1) is 11.0 Å². The number of aliphatic hydroxyl groups is 1. The lowest BCUT2D eigenvalue weighted by molar-refractivity contribution is -0.0175. The van der Waals surface area contributed by atoms with E-state index in [0.29, 0.717) is 19.6 Å². The number of rotatable bonds is 5. The summed E-state index contributed by atoms with van der Waals surface area (Å²) in [4.78, 5) is 0.245. The molecule has 0 amide bonds. The van der Waals surface area contributed by atoms with Gasteiger partial charge >= 0.3 is 0 Å².